The minimum absolute atomic E-state index is 0.0827. The van der Waals surface area contributed by atoms with Crippen LogP contribution in [0.3, 0.4) is 0 Å². The number of nitrogen functional groups attached to an aromatic ring is 1. The van der Waals surface area contributed by atoms with Gasteiger partial charge in [0.1, 0.15) is 42.1 Å². The van der Waals surface area contributed by atoms with E-state index in [9.17, 15) is 23.9 Å². The van der Waals surface area contributed by atoms with Gasteiger partial charge in [-0.3, -0.25) is 19.8 Å². The fourth-order valence-electron chi connectivity index (χ4n) is 4.28. The fraction of sp³-hybridized carbons (Fsp3) is 0.429. The van der Waals surface area contributed by atoms with Crippen molar-refractivity contribution in [3.8, 4) is 5.75 Å². The number of nitrogens with one attached hydrogen (secondary N) is 4. The quantitative estimate of drug-likeness (QED) is 0.229. The number of amides is 3. The Morgan fingerprint density at radius 2 is 1.85 bits per heavy atom. The normalized spacial score (nSPS) is 21.8. The van der Waals surface area contributed by atoms with Crippen molar-refractivity contribution in [3.63, 3.8) is 0 Å². The Bertz CT molecular complexity index is 1210. The highest BCUT2D eigenvalue weighted by Crippen LogP contribution is 2.21. The Balaban J connectivity index is 1.84. The van der Waals surface area contributed by atoms with Crippen molar-refractivity contribution in [2.45, 2.75) is 44.3 Å². The summed E-state index contributed by atoms with van der Waals surface area (Å²) in [6.45, 7) is 1.64. The first kappa shape index (κ1) is 30.5. The molecule has 40 heavy (non-hydrogen) atoms. The Hall–Kier alpha value is -4.03. The number of fused-ring (bicyclic) bond motifs is 1. The summed E-state index contributed by atoms with van der Waals surface area (Å²) in [7, 11) is 1.44. The van der Waals surface area contributed by atoms with Crippen molar-refractivity contribution < 1.29 is 28.6 Å². The van der Waals surface area contributed by atoms with Crippen molar-refractivity contribution >= 4 is 23.6 Å². The first-order valence-corrected chi connectivity index (χ1v) is 13.1. The van der Waals surface area contributed by atoms with Crippen LogP contribution in [0.4, 0.5) is 4.39 Å². The number of likely N-dealkylation sites (N-methyl/N-ethyl adjacent to an activating group) is 1. The van der Waals surface area contributed by atoms with Crippen LogP contribution in [0.25, 0.3) is 0 Å². The molecule has 0 radical (unpaired) electrons. The number of amidine groups is 1. The van der Waals surface area contributed by atoms with Crippen LogP contribution in [0.5, 0.6) is 5.75 Å². The monoisotopic (exact) mass is 556 g/mol. The molecule has 12 heteroatoms. The lowest BCUT2D eigenvalue weighted by molar-refractivity contribution is -0.141. The molecule has 1 heterocycles. The van der Waals surface area contributed by atoms with E-state index < -0.39 is 48.3 Å². The number of aliphatic hydroxyl groups is 1. The summed E-state index contributed by atoms with van der Waals surface area (Å²) >= 11 is 0. The van der Waals surface area contributed by atoms with Crippen LogP contribution in [0, 0.1) is 11.2 Å². The highest BCUT2D eigenvalue weighted by Gasteiger charge is 2.30. The van der Waals surface area contributed by atoms with E-state index in [1.807, 2.05) is 0 Å². The lowest BCUT2D eigenvalue weighted by Gasteiger charge is -2.29. The number of rotatable bonds is 4. The van der Waals surface area contributed by atoms with Gasteiger partial charge in [0, 0.05) is 38.2 Å². The van der Waals surface area contributed by atoms with Crippen LogP contribution in [0.1, 0.15) is 30.0 Å². The average molecular weight is 557 g/mol. The largest absolute Gasteiger partial charge is 0.492 e. The highest BCUT2D eigenvalue weighted by molar-refractivity contribution is 5.95. The van der Waals surface area contributed by atoms with E-state index in [0.29, 0.717) is 30.7 Å². The van der Waals surface area contributed by atoms with Gasteiger partial charge in [-0.05, 0) is 37.0 Å². The zero-order valence-electron chi connectivity index (χ0n) is 22.7. The fourth-order valence-corrected chi connectivity index (χ4v) is 4.28. The Morgan fingerprint density at radius 3 is 2.52 bits per heavy atom. The summed E-state index contributed by atoms with van der Waals surface area (Å²) in [6.07, 6.45) is 1.21. The maximum absolute atomic E-state index is 13.9. The Labute approximate surface area is 232 Å². The summed E-state index contributed by atoms with van der Waals surface area (Å²) < 4.78 is 19.6. The zero-order valence-corrected chi connectivity index (χ0v) is 22.7. The first-order valence-electron chi connectivity index (χ1n) is 13.1. The van der Waals surface area contributed by atoms with Crippen LogP contribution in [0.2, 0.25) is 0 Å². The summed E-state index contributed by atoms with van der Waals surface area (Å²) in [6, 6.07) is 8.17. The van der Waals surface area contributed by atoms with Crippen molar-refractivity contribution in [3.05, 3.63) is 65.0 Å². The summed E-state index contributed by atoms with van der Waals surface area (Å²) in [5, 5.41) is 25.9. The molecule has 0 saturated heterocycles. The van der Waals surface area contributed by atoms with Gasteiger partial charge in [-0.2, -0.15) is 0 Å². The Morgan fingerprint density at radius 1 is 1.12 bits per heavy atom. The lowest BCUT2D eigenvalue weighted by atomic mass is 10.0. The number of halogens is 1. The molecule has 3 rings (SSSR count). The summed E-state index contributed by atoms with van der Waals surface area (Å²) in [4.78, 5) is 40.6. The molecule has 0 fully saturated rings. The number of nitrogens with two attached hydrogens (primary N) is 1. The molecular formula is C28H37FN6O5. The van der Waals surface area contributed by atoms with E-state index in [-0.39, 0.29) is 25.4 Å². The van der Waals surface area contributed by atoms with Gasteiger partial charge < -0.3 is 36.4 Å². The predicted molar refractivity (Wildman–Crippen MR) is 147 cm³/mol. The molecule has 216 valence electrons. The van der Waals surface area contributed by atoms with Gasteiger partial charge in [0.05, 0.1) is 6.61 Å². The van der Waals surface area contributed by atoms with E-state index in [1.165, 1.54) is 31.0 Å². The molecule has 0 spiro atoms. The maximum atomic E-state index is 13.9. The summed E-state index contributed by atoms with van der Waals surface area (Å²) in [5.74, 6) is -1.62. The lowest BCUT2D eigenvalue weighted by Crippen LogP contribution is -2.57. The molecule has 0 bridgehead atoms. The molecule has 7 N–H and O–H groups in total. The van der Waals surface area contributed by atoms with Gasteiger partial charge in [-0.25, -0.2) is 4.39 Å². The van der Waals surface area contributed by atoms with E-state index in [0.717, 1.165) is 11.1 Å². The smallest absolute Gasteiger partial charge is 0.243 e. The van der Waals surface area contributed by atoms with Crippen LogP contribution in [0.15, 0.2) is 42.5 Å². The van der Waals surface area contributed by atoms with E-state index in [1.54, 1.807) is 30.3 Å². The SMILES string of the molecule is C[C@@H]1C(=O)N[C@H](Cc2ccc(C(=N)N)cc2)C(=O)NCCCc2ccc(F)cc2OCCN[C@@H](CO)C(=O)N1C. The number of hydrogen-bond donors (Lipinski definition) is 6. The van der Waals surface area contributed by atoms with Gasteiger partial charge in [-0.15, -0.1) is 0 Å². The van der Waals surface area contributed by atoms with Gasteiger partial charge >= 0.3 is 0 Å². The number of benzene rings is 2. The molecule has 11 nitrogen and oxygen atoms in total. The van der Waals surface area contributed by atoms with Gasteiger partial charge in [-0.1, -0.05) is 30.3 Å². The number of nitrogens with zero attached hydrogens (tertiary/aromatic N) is 1. The van der Waals surface area contributed by atoms with Crippen molar-refractivity contribution in [1.82, 2.24) is 20.9 Å². The van der Waals surface area contributed by atoms with Crippen molar-refractivity contribution in [2.24, 2.45) is 5.73 Å². The molecule has 3 amide bonds. The number of aryl methyl sites for hydroxylation is 1. The van der Waals surface area contributed by atoms with Crippen LogP contribution in [-0.2, 0) is 27.2 Å². The number of carbonyl (C=O) groups excluding carboxylic acids is 3. The maximum Gasteiger partial charge on any atom is 0.243 e. The Kier molecular flexibility index (Phi) is 11.0. The van der Waals surface area contributed by atoms with Gasteiger partial charge in [0.2, 0.25) is 17.7 Å². The molecule has 2 aromatic carbocycles. The third kappa shape index (κ3) is 8.23. The second kappa shape index (κ2) is 14.4. The second-order valence-electron chi connectivity index (χ2n) is 9.69. The summed E-state index contributed by atoms with van der Waals surface area (Å²) in [5.41, 5.74) is 7.56. The number of hydrogen-bond acceptors (Lipinski definition) is 7. The zero-order chi connectivity index (χ0) is 29.2. The number of carbonyl (C=O) groups is 3. The van der Waals surface area contributed by atoms with E-state index >= 15 is 0 Å². The van der Waals surface area contributed by atoms with E-state index in [2.05, 4.69) is 16.0 Å². The standard InChI is InChI=1S/C28H37FN6O5/c1-17-26(37)34-22(14-18-5-7-20(8-6-18)25(30)31)27(38)33-11-3-4-19-9-10-21(29)15-24(19)40-13-12-32-23(16-36)28(39)35(17)2/h5-10,15,17,22-23,32,36H,3-4,11-14,16H2,1-2H3,(H3,30,31)(H,33,38)(H,34,37)/t17-,22-,23+/m1/s1. The minimum atomic E-state index is -0.992. The minimum Gasteiger partial charge on any atom is -0.492 e. The molecule has 1 aliphatic heterocycles. The molecule has 0 aromatic heterocycles. The third-order valence-corrected chi connectivity index (χ3v) is 6.83. The number of aliphatic hydroxyl groups excluding tert-OH is 1. The van der Waals surface area contributed by atoms with Crippen LogP contribution < -0.4 is 26.4 Å². The van der Waals surface area contributed by atoms with E-state index in [4.69, 9.17) is 15.9 Å². The van der Waals surface area contributed by atoms with Crippen molar-refractivity contribution in [1.29, 1.82) is 5.41 Å². The molecule has 1 aliphatic rings. The van der Waals surface area contributed by atoms with Crippen molar-refractivity contribution in [2.75, 3.05) is 33.4 Å². The molecule has 0 aliphatic carbocycles. The first-order chi connectivity index (χ1) is 19.1. The van der Waals surface area contributed by atoms with Crippen LogP contribution >= 0.6 is 0 Å². The molecule has 3 atom stereocenters. The predicted octanol–water partition coefficient (Wildman–Crippen LogP) is 0.0759. The van der Waals surface area contributed by atoms with Crippen LogP contribution in [-0.4, -0.2) is 85.0 Å². The molecule has 2 aromatic rings. The third-order valence-electron chi connectivity index (χ3n) is 6.83. The van der Waals surface area contributed by atoms with Gasteiger partial charge in [0.15, 0.2) is 0 Å². The molecule has 0 saturated carbocycles. The topological polar surface area (TPSA) is 170 Å². The molecular weight excluding hydrogens is 519 g/mol. The highest BCUT2D eigenvalue weighted by atomic mass is 19.1. The van der Waals surface area contributed by atoms with Gasteiger partial charge in [0.25, 0.3) is 0 Å². The molecule has 0 unspecified atom stereocenters. The second-order valence-corrected chi connectivity index (χ2v) is 9.69. The number of ether oxygens (including phenoxy) is 1. The average Bonchev–Trinajstić information content (AvgIpc) is 2.94.